The molecule has 148 valence electrons. The lowest BCUT2D eigenvalue weighted by molar-refractivity contribution is 0.0617. The second kappa shape index (κ2) is 11.8. The third-order valence-corrected chi connectivity index (χ3v) is 3.85. The summed E-state index contributed by atoms with van der Waals surface area (Å²) in [6, 6.07) is 13.4. The summed E-state index contributed by atoms with van der Waals surface area (Å²) in [5.74, 6) is 1.25. The van der Waals surface area contributed by atoms with E-state index in [9.17, 15) is 5.11 Å². The molecule has 1 unspecified atom stereocenters. The van der Waals surface area contributed by atoms with Crippen LogP contribution < -0.4 is 15.4 Å². The average Bonchev–Trinajstić information content (AvgIpc) is 2.65. The molecule has 0 saturated carbocycles. The number of rotatable bonds is 8. The molecule has 1 heterocycles. The number of hydrogen-bond acceptors (Lipinski definition) is 4. The Hall–Kier alpha value is -1.87. The van der Waals surface area contributed by atoms with E-state index in [1.165, 1.54) is 0 Å². The number of aromatic nitrogens is 1. The highest BCUT2D eigenvalue weighted by molar-refractivity contribution is 14.0. The Morgan fingerprint density at radius 3 is 2.59 bits per heavy atom. The van der Waals surface area contributed by atoms with Gasteiger partial charge >= 0.3 is 0 Å². The third-order valence-electron chi connectivity index (χ3n) is 3.85. The predicted octanol–water partition coefficient (Wildman–Crippen LogP) is 3.06. The van der Waals surface area contributed by atoms with Crippen LogP contribution in [0.25, 0.3) is 0 Å². The molecule has 1 atom stereocenters. The fourth-order valence-electron chi connectivity index (χ4n) is 2.44. The summed E-state index contributed by atoms with van der Waals surface area (Å²) in [5, 5.41) is 17.1. The van der Waals surface area contributed by atoms with Gasteiger partial charge in [-0.2, -0.15) is 0 Å². The molecule has 0 aliphatic rings. The fraction of sp³-hybridized carbons (Fsp3) is 0.400. The number of nitrogens with zero attached hydrogens (tertiary/aromatic N) is 2. The minimum absolute atomic E-state index is 0. The summed E-state index contributed by atoms with van der Waals surface area (Å²) < 4.78 is 5.42. The van der Waals surface area contributed by atoms with Crippen LogP contribution in [0.15, 0.2) is 53.7 Å². The first-order chi connectivity index (χ1) is 12.5. The molecule has 0 fully saturated rings. The lowest BCUT2D eigenvalue weighted by Crippen LogP contribution is -2.44. The molecule has 3 N–H and O–H groups in total. The van der Waals surface area contributed by atoms with E-state index >= 15 is 0 Å². The van der Waals surface area contributed by atoms with Crippen molar-refractivity contribution in [1.29, 1.82) is 0 Å². The van der Waals surface area contributed by atoms with Crippen LogP contribution in [0.3, 0.4) is 0 Å². The van der Waals surface area contributed by atoms with E-state index in [4.69, 9.17) is 4.74 Å². The van der Waals surface area contributed by atoms with Gasteiger partial charge in [-0.05, 0) is 38.0 Å². The van der Waals surface area contributed by atoms with Crippen molar-refractivity contribution in [1.82, 2.24) is 15.6 Å². The second-order valence-electron chi connectivity index (χ2n) is 6.12. The van der Waals surface area contributed by atoms with E-state index in [0.717, 1.165) is 17.7 Å². The van der Waals surface area contributed by atoms with Crippen molar-refractivity contribution in [2.45, 2.75) is 32.9 Å². The van der Waals surface area contributed by atoms with Crippen molar-refractivity contribution in [2.75, 3.05) is 19.7 Å². The Bertz CT molecular complexity index is 708. The molecule has 0 radical (unpaired) electrons. The Balaban J connectivity index is 0.00000364. The number of halogens is 1. The average molecular weight is 484 g/mol. The third kappa shape index (κ3) is 7.72. The van der Waals surface area contributed by atoms with Gasteiger partial charge in [-0.3, -0.25) is 0 Å². The molecule has 1 aromatic carbocycles. The maximum atomic E-state index is 10.7. The molecule has 2 rings (SSSR count). The van der Waals surface area contributed by atoms with Gasteiger partial charge in [0.15, 0.2) is 5.96 Å². The smallest absolute Gasteiger partial charge is 0.213 e. The molecule has 0 spiro atoms. The molecule has 1 aromatic heterocycles. The highest BCUT2D eigenvalue weighted by Gasteiger charge is 2.22. The van der Waals surface area contributed by atoms with Gasteiger partial charge in [0.25, 0.3) is 0 Å². The number of aliphatic hydroxyl groups is 1. The molecular weight excluding hydrogens is 455 g/mol. The molecule has 0 aliphatic carbocycles. The highest BCUT2D eigenvalue weighted by Crippen LogP contribution is 2.18. The summed E-state index contributed by atoms with van der Waals surface area (Å²) in [6.07, 6.45) is 1.72. The minimum Gasteiger partial charge on any atom is -0.478 e. The topological polar surface area (TPSA) is 78.8 Å². The van der Waals surface area contributed by atoms with Crippen molar-refractivity contribution >= 4 is 29.9 Å². The summed E-state index contributed by atoms with van der Waals surface area (Å²) in [7, 11) is 0. The molecule has 0 aliphatic heterocycles. The zero-order chi connectivity index (χ0) is 18.8. The van der Waals surface area contributed by atoms with Gasteiger partial charge in [-0.15, -0.1) is 24.0 Å². The highest BCUT2D eigenvalue weighted by atomic mass is 127. The number of pyridine rings is 1. The number of benzene rings is 1. The number of hydrogen-bond donors (Lipinski definition) is 3. The maximum absolute atomic E-state index is 10.7. The Morgan fingerprint density at radius 1 is 1.19 bits per heavy atom. The van der Waals surface area contributed by atoms with Crippen molar-refractivity contribution < 1.29 is 9.84 Å². The molecule has 0 saturated heterocycles. The van der Waals surface area contributed by atoms with E-state index in [1.807, 2.05) is 56.3 Å². The van der Waals surface area contributed by atoms with E-state index in [1.54, 1.807) is 13.1 Å². The molecule has 2 aromatic rings. The second-order valence-corrected chi connectivity index (χ2v) is 6.12. The van der Waals surface area contributed by atoms with Crippen molar-refractivity contribution in [3.05, 3.63) is 59.8 Å². The Labute approximate surface area is 178 Å². The number of nitrogens with one attached hydrogen (secondary N) is 2. The van der Waals surface area contributed by atoms with Crippen LogP contribution in [0, 0.1) is 0 Å². The lowest BCUT2D eigenvalue weighted by atomic mass is 9.96. The van der Waals surface area contributed by atoms with Crippen molar-refractivity contribution in [2.24, 2.45) is 4.99 Å². The number of aliphatic imine (C=N–C) groups is 1. The zero-order valence-electron chi connectivity index (χ0n) is 16.1. The maximum Gasteiger partial charge on any atom is 0.213 e. The number of guanidine groups is 1. The van der Waals surface area contributed by atoms with Crippen LogP contribution in [-0.2, 0) is 12.1 Å². The van der Waals surface area contributed by atoms with Gasteiger partial charge in [0, 0.05) is 18.8 Å². The molecule has 0 amide bonds. The molecule has 7 heteroatoms. The largest absolute Gasteiger partial charge is 0.478 e. The fourth-order valence-corrected chi connectivity index (χ4v) is 2.44. The van der Waals surface area contributed by atoms with Crippen molar-refractivity contribution in [3.63, 3.8) is 0 Å². The summed E-state index contributed by atoms with van der Waals surface area (Å²) >= 11 is 0. The molecular formula is C20H29IN4O2. The molecule has 0 bridgehead atoms. The predicted molar refractivity (Wildman–Crippen MR) is 120 cm³/mol. The Kier molecular flexibility index (Phi) is 10.1. The van der Waals surface area contributed by atoms with E-state index in [-0.39, 0.29) is 24.0 Å². The van der Waals surface area contributed by atoms with Crippen molar-refractivity contribution in [3.8, 4) is 5.88 Å². The molecule has 6 nitrogen and oxygen atoms in total. The SMILES string of the molecule is CCNC(=NCc1ccnc(OCC)c1)NCC(C)(O)c1ccccc1.I. The molecule has 27 heavy (non-hydrogen) atoms. The van der Waals surface area contributed by atoms with E-state index in [0.29, 0.717) is 31.5 Å². The normalized spacial score (nSPS) is 13.3. The quantitative estimate of drug-likeness (QED) is 0.305. The first-order valence-corrected chi connectivity index (χ1v) is 8.93. The summed E-state index contributed by atoms with van der Waals surface area (Å²) in [6.45, 7) is 7.88. The van der Waals surface area contributed by atoms with Gasteiger partial charge in [0.05, 0.1) is 19.7 Å². The van der Waals surface area contributed by atoms with Crippen LogP contribution in [0.4, 0.5) is 0 Å². The van der Waals surface area contributed by atoms with Gasteiger partial charge in [0.1, 0.15) is 5.60 Å². The monoisotopic (exact) mass is 484 g/mol. The number of ether oxygens (including phenoxy) is 1. The standard InChI is InChI=1S/C20H28N4O2.HI/c1-4-21-19(23-14-16-11-12-22-18(13-16)26-5-2)24-15-20(3,25)17-9-7-6-8-10-17;/h6-13,25H,4-5,14-15H2,1-3H3,(H2,21,23,24);1H. The first kappa shape index (κ1) is 23.2. The van der Waals surface area contributed by atoms with Gasteiger partial charge < -0.3 is 20.5 Å². The first-order valence-electron chi connectivity index (χ1n) is 8.93. The van der Waals surface area contributed by atoms with Crippen LogP contribution in [0.1, 0.15) is 31.9 Å². The van der Waals surface area contributed by atoms with Gasteiger partial charge in [-0.25, -0.2) is 9.98 Å². The van der Waals surface area contributed by atoms with Crippen LogP contribution in [0.5, 0.6) is 5.88 Å². The van der Waals surface area contributed by atoms with Gasteiger partial charge in [-0.1, -0.05) is 30.3 Å². The van der Waals surface area contributed by atoms with Crippen LogP contribution in [0.2, 0.25) is 0 Å². The van der Waals surface area contributed by atoms with Crippen LogP contribution >= 0.6 is 24.0 Å². The minimum atomic E-state index is -0.990. The summed E-state index contributed by atoms with van der Waals surface area (Å²) in [4.78, 5) is 8.74. The lowest BCUT2D eigenvalue weighted by Gasteiger charge is -2.25. The Morgan fingerprint density at radius 2 is 1.93 bits per heavy atom. The van der Waals surface area contributed by atoms with Crippen LogP contribution in [-0.4, -0.2) is 35.7 Å². The zero-order valence-corrected chi connectivity index (χ0v) is 18.4. The van der Waals surface area contributed by atoms with E-state index in [2.05, 4.69) is 20.6 Å². The van der Waals surface area contributed by atoms with Gasteiger partial charge in [0.2, 0.25) is 5.88 Å². The van der Waals surface area contributed by atoms with E-state index < -0.39 is 5.60 Å². The summed E-state index contributed by atoms with van der Waals surface area (Å²) in [5.41, 5.74) is 0.880.